The van der Waals surface area contributed by atoms with Crippen molar-refractivity contribution in [1.82, 2.24) is 19.7 Å². The molecule has 0 spiro atoms. The van der Waals surface area contributed by atoms with Crippen LogP contribution in [0.2, 0.25) is 5.02 Å². The quantitative estimate of drug-likeness (QED) is 0.790. The zero-order valence-electron chi connectivity index (χ0n) is 13.9. The molecule has 0 radical (unpaired) electrons. The van der Waals surface area contributed by atoms with Crippen molar-refractivity contribution in [2.24, 2.45) is 7.05 Å². The molecule has 122 valence electrons. The Morgan fingerprint density at radius 1 is 1.39 bits per heavy atom. The van der Waals surface area contributed by atoms with Crippen LogP contribution in [0.3, 0.4) is 0 Å². The van der Waals surface area contributed by atoms with E-state index >= 15 is 0 Å². The minimum Gasteiger partial charge on any atom is -0.335 e. The number of likely N-dealkylation sites (N-methyl/N-ethyl adjacent to an activating group) is 1. The molecule has 6 heteroatoms. The van der Waals surface area contributed by atoms with Crippen molar-refractivity contribution in [3.8, 4) is 0 Å². The third kappa shape index (κ3) is 4.20. The third-order valence-electron chi connectivity index (χ3n) is 3.81. The molecule has 1 aromatic carbocycles. The lowest BCUT2D eigenvalue weighted by Gasteiger charge is -2.15. The van der Waals surface area contributed by atoms with Gasteiger partial charge < -0.3 is 9.47 Å². The Morgan fingerprint density at radius 2 is 2.13 bits per heavy atom. The molecule has 0 unspecified atom stereocenters. The Kier molecular flexibility index (Phi) is 5.55. The van der Waals surface area contributed by atoms with Gasteiger partial charge in [-0.3, -0.25) is 4.79 Å². The smallest absolute Gasteiger partial charge is 0.247 e. The molecule has 0 saturated heterocycles. The monoisotopic (exact) mass is 332 g/mol. The lowest BCUT2D eigenvalue weighted by Crippen LogP contribution is -2.26. The molecule has 0 aliphatic heterocycles. The molecule has 0 N–H and O–H groups in total. The molecule has 2 aromatic rings. The number of allylic oxidation sites excluding steroid dienone is 1. The van der Waals surface area contributed by atoms with Gasteiger partial charge in [-0.2, -0.15) is 0 Å². The first-order chi connectivity index (χ1) is 10.9. The summed E-state index contributed by atoms with van der Waals surface area (Å²) in [6, 6.07) is 7.54. The van der Waals surface area contributed by atoms with Crippen molar-refractivity contribution in [3.63, 3.8) is 0 Å². The summed E-state index contributed by atoms with van der Waals surface area (Å²) in [6.45, 7) is 4.32. The predicted molar refractivity (Wildman–Crippen MR) is 91.9 cm³/mol. The van der Waals surface area contributed by atoms with Crippen LogP contribution in [0.5, 0.6) is 0 Å². The second-order valence-electron chi connectivity index (χ2n) is 5.45. The highest BCUT2D eigenvalue weighted by Gasteiger charge is 2.13. The van der Waals surface area contributed by atoms with E-state index in [0.717, 1.165) is 29.2 Å². The van der Waals surface area contributed by atoms with Crippen molar-refractivity contribution in [2.45, 2.75) is 26.8 Å². The van der Waals surface area contributed by atoms with Crippen molar-refractivity contribution in [3.05, 3.63) is 52.6 Å². The number of rotatable bonds is 5. The molecule has 0 bridgehead atoms. The molecular weight excluding hydrogens is 312 g/mol. The number of carbonyl (C=O) groups is 1. The van der Waals surface area contributed by atoms with Crippen LogP contribution in [0.15, 0.2) is 30.3 Å². The molecular formula is C17H21ClN4O. The van der Waals surface area contributed by atoms with E-state index in [0.29, 0.717) is 11.6 Å². The number of aryl methyl sites for hydroxylation is 1. The van der Waals surface area contributed by atoms with E-state index < -0.39 is 0 Å². The normalized spacial score (nSPS) is 11.6. The topological polar surface area (TPSA) is 51.0 Å². The fourth-order valence-corrected chi connectivity index (χ4v) is 2.41. The average molecular weight is 333 g/mol. The number of carbonyl (C=O) groups excluding carboxylic acids is 1. The lowest BCUT2D eigenvalue weighted by molar-refractivity contribution is -0.125. The average Bonchev–Trinajstić information content (AvgIpc) is 2.84. The zero-order valence-corrected chi connectivity index (χ0v) is 14.6. The number of aromatic nitrogens is 3. The van der Waals surface area contributed by atoms with Crippen molar-refractivity contribution in [2.75, 3.05) is 7.05 Å². The Balaban J connectivity index is 2.16. The molecule has 2 rings (SSSR count). The second-order valence-corrected chi connectivity index (χ2v) is 5.89. The predicted octanol–water partition coefficient (Wildman–Crippen LogP) is 3.23. The molecule has 5 nitrogen and oxygen atoms in total. The molecule has 0 aliphatic carbocycles. The second kappa shape index (κ2) is 7.42. The summed E-state index contributed by atoms with van der Waals surface area (Å²) in [5, 5.41) is 8.76. The Labute approximate surface area is 141 Å². The SMILES string of the molecule is CC/C(=C\C(=O)N(C)Cc1nnc(C)n1C)c1cccc(Cl)c1. The number of amides is 1. The van der Waals surface area contributed by atoms with Gasteiger partial charge in [-0.1, -0.05) is 30.7 Å². The van der Waals surface area contributed by atoms with Crippen LogP contribution in [0.4, 0.5) is 0 Å². The van der Waals surface area contributed by atoms with E-state index in [2.05, 4.69) is 10.2 Å². The van der Waals surface area contributed by atoms with Crippen molar-refractivity contribution in [1.29, 1.82) is 0 Å². The summed E-state index contributed by atoms with van der Waals surface area (Å²) < 4.78 is 1.88. The first kappa shape index (κ1) is 17.2. The molecule has 1 heterocycles. The van der Waals surface area contributed by atoms with Crippen molar-refractivity contribution < 1.29 is 4.79 Å². The van der Waals surface area contributed by atoms with Gasteiger partial charge in [0.15, 0.2) is 5.82 Å². The summed E-state index contributed by atoms with van der Waals surface area (Å²) in [4.78, 5) is 14.1. The van der Waals surface area contributed by atoms with Crippen LogP contribution in [0.1, 0.15) is 30.6 Å². The van der Waals surface area contributed by atoms with Crippen LogP contribution in [0, 0.1) is 6.92 Å². The Morgan fingerprint density at radius 3 is 2.70 bits per heavy atom. The van der Waals surface area contributed by atoms with E-state index in [1.165, 1.54) is 0 Å². The third-order valence-corrected chi connectivity index (χ3v) is 4.05. The van der Waals surface area contributed by atoms with Gasteiger partial charge in [-0.05, 0) is 36.6 Å². The summed E-state index contributed by atoms with van der Waals surface area (Å²) in [5.41, 5.74) is 1.93. The summed E-state index contributed by atoms with van der Waals surface area (Å²) in [5.74, 6) is 1.51. The molecule has 0 atom stereocenters. The van der Waals surface area contributed by atoms with Gasteiger partial charge >= 0.3 is 0 Å². The lowest BCUT2D eigenvalue weighted by atomic mass is 10.0. The van der Waals surface area contributed by atoms with E-state index in [-0.39, 0.29) is 5.91 Å². The number of benzene rings is 1. The highest BCUT2D eigenvalue weighted by Crippen LogP contribution is 2.21. The number of halogens is 1. The van der Waals surface area contributed by atoms with E-state index in [1.807, 2.05) is 49.7 Å². The van der Waals surface area contributed by atoms with Crippen LogP contribution in [0.25, 0.3) is 5.57 Å². The molecule has 0 saturated carbocycles. The largest absolute Gasteiger partial charge is 0.335 e. The summed E-state index contributed by atoms with van der Waals surface area (Å²) >= 11 is 6.03. The Hall–Kier alpha value is -2.14. The molecule has 23 heavy (non-hydrogen) atoms. The van der Waals surface area contributed by atoms with Gasteiger partial charge in [0.05, 0.1) is 6.54 Å². The first-order valence-electron chi connectivity index (χ1n) is 7.48. The number of hydrogen-bond acceptors (Lipinski definition) is 3. The van der Waals surface area contributed by atoms with Crippen LogP contribution in [-0.2, 0) is 18.4 Å². The van der Waals surface area contributed by atoms with E-state index in [1.54, 1.807) is 18.0 Å². The van der Waals surface area contributed by atoms with Crippen molar-refractivity contribution >= 4 is 23.1 Å². The van der Waals surface area contributed by atoms with E-state index in [9.17, 15) is 4.79 Å². The molecule has 1 aromatic heterocycles. The first-order valence-corrected chi connectivity index (χ1v) is 7.86. The van der Waals surface area contributed by atoms with Crippen LogP contribution < -0.4 is 0 Å². The fourth-order valence-electron chi connectivity index (χ4n) is 2.22. The minimum absolute atomic E-state index is 0.0671. The van der Waals surface area contributed by atoms with E-state index in [4.69, 9.17) is 11.6 Å². The van der Waals surface area contributed by atoms with Gasteiger partial charge in [-0.25, -0.2) is 0 Å². The van der Waals surface area contributed by atoms with Gasteiger partial charge in [0.25, 0.3) is 0 Å². The van der Waals surface area contributed by atoms with Gasteiger partial charge in [0, 0.05) is 25.2 Å². The zero-order chi connectivity index (χ0) is 17.0. The van der Waals surface area contributed by atoms with Crippen LogP contribution >= 0.6 is 11.6 Å². The highest BCUT2D eigenvalue weighted by molar-refractivity contribution is 6.30. The summed E-state index contributed by atoms with van der Waals surface area (Å²) in [6.07, 6.45) is 2.41. The van der Waals surface area contributed by atoms with Gasteiger partial charge in [-0.15, -0.1) is 10.2 Å². The van der Waals surface area contributed by atoms with Gasteiger partial charge in [0.2, 0.25) is 5.91 Å². The maximum absolute atomic E-state index is 12.5. The molecule has 1 amide bonds. The molecule has 0 aliphatic rings. The van der Waals surface area contributed by atoms with Crippen LogP contribution in [-0.4, -0.2) is 32.6 Å². The maximum Gasteiger partial charge on any atom is 0.247 e. The summed E-state index contributed by atoms with van der Waals surface area (Å²) in [7, 11) is 3.65. The highest BCUT2D eigenvalue weighted by atomic mass is 35.5. The number of hydrogen-bond donors (Lipinski definition) is 0. The minimum atomic E-state index is -0.0671. The van der Waals surface area contributed by atoms with Gasteiger partial charge in [0.1, 0.15) is 5.82 Å². The fraction of sp³-hybridized carbons (Fsp3) is 0.353. The number of nitrogens with zero attached hydrogens (tertiary/aromatic N) is 4. The standard InChI is InChI=1S/C17H21ClN4O/c1-5-13(14-7-6-8-15(18)9-14)10-17(23)21(3)11-16-20-19-12(2)22(16)4/h6-10H,5,11H2,1-4H3/b13-10+. The maximum atomic E-state index is 12.5. The molecule has 0 fully saturated rings. The Bertz CT molecular complexity index is 736.